The van der Waals surface area contributed by atoms with E-state index in [1.165, 1.54) is 9.18 Å². The molecule has 1 aromatic heterocycles. The smallest absolute Gasteiger partial charge is 0.214 e. The Morgan fingerprint density at radius 3 is 2.95 bits per heavy atom. The van der Waals surface area contributed by atoms with Crippen LogP contribution in [0.2, 0.25) is 0 Å². The highest BCUT2D eigenvalue weighted by molar-refractivity contribution is 7.89. The van der Waals surface area contributed by atoms with E-state index in [2.05, 4.69) is 0 Å². The molecule has 0 aromatic carbocycles. The summed E-state index contributed by atoms with van der Waals surface area (Å²) in [7, 11) is -1.51. The summed E-state index contributed by atoms with van der Waals surface area (Å²) in [5, 5.41) is 2.02. The summed E-state index contributed by atoms with van der Waals surface area (Å²) < 4.78 is 31.7. The Morgan fingerprint density at radius 2 is 2.35 bits per heavy atom. The van der Waals surface area contributed by atoms with Crippen LogP contribution in [0.3, 0.4) is 0 Å². The van der Waals surface area contributed by atoms with Crippen LogP contribution in [-0.2, 0) is 21.2 Å². The molecule has 0 saturated carbocycles. The zero-order valence-corrected chi connectivity index (χ0v) is 13.8. The van der Waals surface area contributed by atoms with Gasteiger partial charge in [-0.05, 0) is 44.1 Å². The molecule has 0 bridgehead atoms. The zero-order valence-electron chi connectivity index (χ0n) is 12.1. The van der Waals surface area contributed by atoms with Crippen LogP contribution in [0.4, 0.5) is 0 Å². The average molecular weight is 317 g/mol. The van der Waals surface area contributed by atoms with E-state index in [-0.39, 0.29) is 17.9 Å². The SMILES string of the molecule is C[C@@H](Cc1cccs1)N(C)S(=O)(=O)CC[C@@H]1CCCO1. The van der Waals surface area contributed by atoms with Crippen LogP contribution in [-0.4, -0.2) is 44.3 Å². The Hall–Kier alpha value is -0.430. The molecule has 0 N–H and O–H groups in total. The third-order valence-corrected chi connectivity index (χ3v) is 6.75. The van der Waals surface area contributed by atoms with Gasteiger partial charge in [-0.2, -0.15) is 0 Å². The second-order valence-electron chi connectivity index (χ2n) is 5.39. The summed E-state index contributed by atoms with van der Waals surface area (Å²) in [5.74, 6) is 0.183. The molecule has 1 aliphatic rings. The van der Waals surface area contributed by atoms with Crippen LogP contribution >= 0.6 is 11.3 Å². The van der Waals surface area contributed by atoms with E-state index in [1.54, 1.807) is 18.4 Å². The fraction of sp³-hybridized carbons (Fsp3) is 0.714. The van der Waals surface area contributed by atoms with Gasteiger partial charge in [-0.1, -0.05) is 6.07 Å². The third kappa shape index (κ3) is 4.28. The van der Waals surface area contributed by atoms with Gasteiger partial charge in [-0.25, -0.2) is 12.7 Å². The lowest BCUT2D eigenvalue weighted by atomic mass is 10.2. The van der Waals surface area contributed by atoms with Crippen LogP contribution in [0.15, 0.2) is 17.5 Å². The van der Waals surface area contributed by atoms with Gasteiger partial charge in [0.25, 0.3) is 0 Å². The molecule has 2 atom stereocenters. The minimum atomic E-state index is -3.19. The first-order chi connectivity index (χ1) is 9.49. The standard InChI is InChI=1S/C14H23NO3S2/c1-12(11-14-6-4-9-19-14)15(2)20(16,17)10-7-13-5-3-8-18-13/h4,6,9,12-13H,3,5,7-8,10-11H2,1-2H3/t12-,13-/m0/s1. The van der Waals surface area contributed by atoms with Crippen molar-refractivity contribution in [3.05, 3.63) is 22.4 Å². The van der Waals surface area contributed by atoms with Crippen LogP contribution in [0.25, 0.3) is 0 Å². The monoisotopic (exact) mass is 317 g/mol. The van der Waals surface area contributed by atoms with Gasteiger partial charge in [0.1, 0.15) is 0 Å². The van der Waals surface area contributed by atoms with Crippen molar-refractivity contribution in [1.82, 2.24) is 4.31 Å². The Kier molecular flexibility index (Phi) is 5.60. The van der Waals surface area contributed by atoms with Gasteiger partial charge >= 0.3 is 0 Å². The Balaban J connectivity index is 1.86. The lowest BCUT2D eigenvalue weighted by Gasteiger charge is -2.24. The average Bonchev–Trinajstić information content (AvgIpc) is 3.08. The minimum Gasteiger partial charge on any atom is -0.378 e. The van der Waals surface area contributed by atoms with Gasteiger partial charge < -0.3 is 4.74 Å². The van der Waals surface area contributed by atoms with Crippen molar-refractivity contribution in [1.29, 1.82) is 0 Å². The molecule has 114 valence electrons. The van der Waals surface area contributed by atoms with E-state index in [1.807, 2.05) is 24.4 Å². The van der Waals surface area contributed by atoms with Gasteiger partial charge in [0.05, 0.1) is 11.9 Å². The van der Waals surface area contributed by atoms with Gasteiger partial charge in [-0.15, -0.1) is 11.3 Å². The molecule has 1 fully saturated rings. The number of likely N-dealkylation sites (N-methyl/N-ethyl adjacent to an activating group) is 1. The van der Waals surface area contributed by atoms with Gasteiger partial charge in [0.15, 0.2) is 0 Å². The molecule has 20 heavy (non-hydrogen) atoms. The maximum Gasteiger partial charge on any atom is 0.214 e. The normalized spacial score (nSPS) is 21.4. The largest absolute Gasteiger partial charge is 0.378 e. The topological polar surface area (TPSA) is 46.6 Å². The van der Waals surface area contributed by atoms with Gasteiger partial charge in [0, 0.05) is 24.6 Å². The zero-order chi connectivity index (χ0) is 14.6. The van der Waals surface area contributed by atoms with E-state index in [9.17, 15) is 8.42 Å². The summed E-state index contributed by atoms with van der Waals surface area (Å²) in [5.41, 5.74) is 0. The molecule has 1 aromatic rings. The van der Waals surface area contributed by atoms with Crippen LogP contribution < -0.4 is 0 Å². The molecule has 1 aliphatic heterocycles. The fourth-order valence-electron chi connectivity index (χ4n) is 2.42. The molecule has 2 rings (SSSR count). The lowest BCUT2D eigenvalue weighted by molar-refractivity contribution is 0.108. The van der Waals surface area contributed by atoms with E-state index >= 15 is 0 Å². The quantitative estimate of drug-likeness (QED) is 0.776. The number of ether oxygens (including phenoxy) is 1. The number of rotatable bonds is 7. The molecule has 0 aliphatic carbocycles. The van der Waals surface area contributed by atoms with Crippen molar-refractivity contribution in [3.8, 4) is 0 Å². The molecule has 0 spiro atoms. The molecule has 0 amide bonds. The first kappa shape index (κ1) is 15.9. The highest BCUT2D eigenvalue weighted by Crippen LogP contribution is 2.19. The number of thiophene rings is 1. The van der Waals surface area contributed by atoms with Crippen LogP contribution in [0.5, 0.6) is 0 Å². The molecule has 0 unspecified atom stereocenters. The van der Waals surface area contributed by atoms with Crippen LogP contribution in [0, 0.1) is 0 Å². The summed E-state index contributed by atoms with van der Waals surface area (Å²) in [6.07, 6.45) is 3.55. The predicted octanol–water partition coefficient (Wildman–Crippen LogP) is 2.51. The predicted molar refractivity (Wildman–Crippen MR) is 82.6 cm³/mol. The summed E-state index contributed by atoms with van der Waals surface area (Å²) in [4.78, 5) is 1.22. The highest BCUT2D eigenvalue weighted by atomic mass is 32.2. The molecular formula is C14H23NO3S2. The van der Waals surface area contributed by atoms with Gasteiger partial charge in [0.2, 0.25) is 10.0 Å². The number of hydrogen-bond donors (Lipinski definition) is 0. The fourth-order valence-corrected chi connectivity index (χ4v) is 4.72. The Bertz CT molecular complexity index is 492. The molecule has 4 nitrogen and oxygen atoms in total. The molecule has 1 saturated heterocycles. The molecule has 2 heterocycles. The lowest BCUT2D eigenvalue weighted by Crippen LogP contribution is -2.38. The number of hydrogen-bond acceptors (Lipinski definition) is 4. The van der Waals surface area contributed by atoms with E-state index in [4.69, 9.17) is 4.74 Å². The summed E-state index contributed by atoms with van der Waals surface area (Å²) >= 11 is 1.67. The maximum atomic E-state index is 12.3. The van der Waals surface area contributed by atoms with Crippen molar-refractivity contribution in [2.75, 3.05) is 19.4 Å². The van der Waals surface area contributed by atoms with Gasteiger partial charge in [-0.3, -0.25) is 0 Å². The van der Waals surface area contributed by atoms with E-state index in [0.717, 1.165) is 25.9 Å². The Morgan fingerprint density at radius 1 is 1.55 bits per heavy atom. The minimum absolute atomic E-state index is 0.0110. The second kappa shape index (κ2) is 7.02. The molecule has 0 radical (unpaired) electrons. The van der Waals surface area contributed by atoms with E-state index in [0.29, 0.717) is 6.42 Å². The van der Waals surface area contributed by atoms with Crippen molar-refractivity contribution in [3.63, 3.8) is 0 Å². The highest BCUT2D eigenvalue weighted by Gasteiger charge is 2.26. The van der Waals surface area contributed by atoms with Crippen molar-refractivity contribution in [2.45, 2.75) is 44.8 Å². The number of nitrogens with zero attached hydrogens (tertiary/aromatic N) is 1. The van der Waals surface area contributed by atoms with E-state index < -0.39 is 10.0 Å². The first-order valence-corrected chi connectivity index (χ1v) is 9.57. The number of sulfonamides is 1. The molecule has 6 heteroatoms. The second-order valence-corrected chi connectivity index (χ2v) is 8.57. The maximum absolute atomic E-state index is 12.3. The van der Waals surface area contributed by atoms with Crippen molar-refractivity contribution in [2.24, 2.45) is 0 Å². The summed E-state index contributed by atoms with van der Waals surface area (Å²) in [6, 6.07) is 4.04. The third-order valence-electron chi connectivity index (χ3n) is 3.86. The van der Waals surface area contributed by atoms with Crippen molar-refractivity contribution < 1.29 is 13.2 Å². The Labute approximate surface area is 125 Å². The first-order valence-electron chi connectivity index (χ1n) is 7.09. The molecular weight excluding hydrogens is 294 g/mol. The summed E-state index contributed by atoms with van der Waals surface area (Å²) in [6.45, 7) is 2.73. The van der Waals surface area contributed by atoms with Crippen molar-refractivity contribution >= 4 is 21.4 Å². The van der Waals surface area contributed by atoms with Crippen LogP contribution in [0.1, 0.15) is 31.1 Å².